The highest BCUT2D eigenvalue weighted by Crippen LogP contribution is 2.39. The van der Waals surface area contributed by atoms with Crippen LogP contribution in [0.25, 0.3) is 0 Å². The predicted octanol–water partition coefficient (Wildman–Crippen LogP) is 4.31. The van der Waals surface area contributed by atoms with Gasteiger partial charge in [0.1, 0.15) is 21.6 Å². The SMILES string of the molecule is C=C(N=S(N)(=O)c1ccc(C(C)(C)O)c(F)c1)Nc1c2c(cc3c1CCC3)CCC2. The van der Waals surface area contributed by atoms with Crippen LogP contribution in [0.3, 0.4) is 0 Å². The Labute approximate surface area is 177 Å². The zero-order valence-corrected chi connectivity index (χ0v) is 18.2. The Balaban J connectivity index is 1.66. The average molecular weight is 430 g/mol. The first-order chi connectivity index (χ1) is 14.1. The van der Waals surface area contributed by atoms with E-state index >= 15 is 0 Å². The number of halogens is 1. The third kappa shape index (κ3) is 3.89. The third-order valence-electron chi connectivity index (χ3n) is 5.93. The number of anilines is 1. The van der Waals surface area contributed by atoms with E-state index in [1.807, 2.05) is 0 Å². The zero-order chi connectivity index (χ0) is 21.7. The molecule has 4 rings (SSSR count). The number of benzene rings is 2. The smallest absolute Gasteiger partial charge is 0.141 e. The molecular formula is C23H28FN3O2S. The van der Waals surface area contributed by atoms with Crippen molar-refractivity contribution in [2.45, 2.75) is 62.9 Å². The van der Waals surface area contributed by atoms with E-state index in [4.69, 9.17) is 5.14 Å². The molecule has 0 heterocycles. The molecule has 1 atom stereocenters. The molecule has 0 radical (unpaired) electrons. The quantitative estimate of drug-likeness (QED) is 0.662. The molecule has 0 bridgehead atoms. The molecule has 0 saturated heterocycles. The molecule has 0 aliphatic heterocycles. The highest BCUT2D eigenvalue weighted by molar-refractivity contribution is 7.91. The van der Waals surface area contributed by atoms with Crippen molar-refractivity contribution in [3.8, 4) is 0 Å². The number of hydrogen-bond donors (Lipinski definition) is 3. The molecule has 30 heavy (non-hydrogen) atoms. The number of nitrogens with two attached hydrogens (primary N) is 1. The number of nitrogens with zero attached hydrogens (tertiary/aromatic N) is 1. The standard InChI is InChI=1S/C23H28FN3O2S/c1-14(26-22-18-8-4-6-15(18)12-16-7-5-9-19(16)22)27-30(25,29)17-10-11-20(21(24)13-17)23(2,3)28/h10-13,26,28H,1,4-9H2,2-3H3,(H2,25,27,29). The summed E-state index contributed by atoms with van der Waals surface area (Å²) in [5.41, 5.74) is 5.09. The van der Waals surface area contributed by atoms with Crippen LogP contribution in [-0.4, -0.2) is 9.32 Å². The molecule has 0 fully saturated rings. The number of fused-ring (bicyclic) bond motifs is 2. The van der Waals surface area contributed by atoms with Crippen LogP contribution in [0.2, 0.25) is 0 Å². The Bertz CT molecular complexity index is 1130. The summed E-state index contributed by atoms with van der Waals surface area (Å²) in [6, 6.07) is 6.23. The molecule has 2 aliphatic carbocycles. The molecule has 160 valence electrons. The van der Waals surface area contributed by atoms with Gasteiger partial charge in [-0.05, 0) is 86.8 Å². The van der Waals surface area contributed by atoms with Gasteiger partial charge in [-0.1, -0.05) is 18.7 Å². The summed E-state index contributed by atoms with van der Waals surface area (Å²) >= 11 is 0. The molecule has 0 spiro atoms. The molecule has 0 aromatic heterocycles. The minimum absolute atomic E-state index is 0.0551. The van der Waals surface area contributed by atoms with E-state index < -0.39 is 21.3 Å². The average Bonchev–Trinajstić information content (AvgIpc) is 3.28. The Morgan fingerprint density at radius 3 is 2.30 bits per heavy atom. The molecule has 2 aromatic carbocycles. The first-order valence-electron chi connectivity index (χ1n) is 10.3. The lowest BCUT2D eigenvalue weighted by Crippen LogP contribution is -2.19. The second kappa shape index (κ2) is 7.48. The van der Waals surface area contributed by atoms with Crippen molar-refractivity contribution >= 4 is 15.6 Å². The predicted molar refractivity (Wildman–Crippen MR) is 118 cm³/mol. The zero-order valence-electron chi connectivity index (χ0n) is 17.4. The Kier molecular flexibility index (Phi) is 5.24. The van der Waals surface area contributed by atoms with E-state index in [1.54, 1.807) is 0 Å². The van der Waals surface area contributed by atoms with Crippen LogP contribution >= 0.6 is 0 Å². The van der Waals surface area contributed by atoms with E-state index in [0.29, 0.717) is 0 Å². The van der Waals surface area contributed by atoms with Crippen LogP contribution < -0.4 is 10.5 Å². The van der Waals surface area contributed by atoms with Crippen LogP contribution in [0.15, 0.2) is 45.9 Å². The van der Waals surface area contributed by atoms with Gasteiger partial charge in [0.05, 0.1) is 10.5 Å². The summed E-state index contributed by atoms with van der Waals surface area (Å²) in [5.74, 6) is -0.477. The van der Waals surface area contributed by atoms with Gasteiger partial charge in [-0.25, -0.2) is 13.7 Å². The number of rotatable bonds is 5. The summed E-state index contributed by atoms with van der Waals surface area (Å²) in [5, 5.41) is 19.3. The number of aryl methyl sites for hydroxylation is 2. The van der Waals surface area contributed by atoms with Gasteiger partial charge >= 0.3 is 0 Å². The molecule has 1 unspecified atom stereocenters. The lowest BCUT2D eigenvalue weighted by atomic mass is 9.98. The van der Waals surface area contributed by atoms with E-state index in [2.05, 4.69) is 22.3 Å². The highest BCUT2D eigenvalue weighted by atomic mass is 32.2. The van der Waals surface area contributed by atoms with Crippen molar-refractivity contribution in [2.75, 3.05) is 5.32 Å². The topological polar surface area (TPSA) is 87.7 Å². The van der Waals surface area contributed by atoms with Crippen LogP contribution in [-0.2, 0) is 41.2 Å². The maximum Gasteiger partial charge on any atom is 0.141 e. The van der Waals surface area contributed by atoms with E-state index in [0.717, 1.165) is 50.3 Å². The Hall–Kier alpha value is -2.22. The van der Waals surface area contributed by atoms with Gasteiger partial charge in [-0.15, -0.1) is 0 Å². The summed E-state index contributed by atoms with van der Waals surface area (Å²) < 4.78 is 31.6. The van der Waals surface area contributed by atoms with Crippen molar-refractivity contribution < 1.29 is 13.7 Å². The van der Waals surface area contributed by atoms with Crippen molar-refractivity contribution in [1.29, 1.82) is 0 Å². The van der Waals surface area contributed by atoms with Crippen molar-refractivity contribution in [1.82, 2.24) is 0 Å². The first kappa shape index (κ1) is 21.0. The lowest BCUT2D eigenvalue weighted by molar-refractivity contribution is 0.0744. The van der Waals surface area contributed by atoms with Crippen LogP contribution in [0, 0.1) is 5.82 Å². The van der Waals surface area contributed by atoms with Gasteiger partial charge in [0.15, 0.2) is 0 Å². The summed E-state index contributed by atoms with van der Waals surface area (Å²) in [6.45, 7) is 6.89. The van der Waals surface area contributed by atoms with Crippen molar-refractivity contribution in [2.24, 2.45) is 9.50 Å². The Morgan fingerprint density at radius 1 is 1.17 bits per heavy atom. The molecule has 2 aromatic rings. The van der Waals surface area contributed by atoms with Gasteiger partial charge in [0.2, 0.25) is 0 Å². The summed E-state index contributed by atoms with van der Waals surface area (Å²) in [4.78, 5) is 0.0551. The monoisotopic (exact) mass is 429 g/mol. The molecule has 5 nitrogen and oxygen atoms in total. The van der Waals surface area contributed by atoms with E-state index in [9.17, 15) is 13.7 Å². The minimum atomic E-state index is -3.40. The fourth-order valence-corrected chi connectivity index (χ4v) is 5.54. The number of nitrogens with one attached hydrogen (secondary N) is 1. The molecular weight excluding hydrogens is 401 g/mol. The van der Waals surface area contributed by atoms with Crippen molar-refractivity contribution in [3.63, 3.8) is 0 Å². The normalized spacial score (nSPS) is 17.2. The van der Waals surface area contributed by atoms with E-state index in [-0.39, 0.29) is 16.3 Å². The van der Waals surface area contributed by atoms with Crippen LogP contribution in [0.4, 0.5) is 10.1 Å². The number of hydrogen-bond acceptors (Lipinski definition) is 4. The van der Waals surface area contributed by atoms with Gasteiger partial charge in [0.25, 0.3) is 0 Å². The molecule has 0 amide bonds. The Morgan fingerprint density at radius 2 is 1.77 bits per heavy atom. The summed E-state index contributed by atoms with van der Waals surface area (Å²) in [6.07, 6.45) is 6.39. The van der Waals surface area contributed by atoms with E-state index in [1.165, 1.54) is 48.2 Å². The number of aliphatic hydroxyl groups is 1. The maximum absolute atomic E-state index is 14.4. The van der Waals surface area contributed by atoms with Gasteiger partial charge < -0.3 is 10.4 Å². The van der Waals surface area contributed by atoms with Crippen LogP contribution in [0.5, 0.6) is 0 Å². The van der Waals surface area contributed by atoms with Crippen molar-refractivity contribution in [3.05, 3.63) is 70.3 Å². The second-order valence-electron chi connectivity index (χ2n) is 8.67. The van der Waals surface area contributed by atoms with Gasteiger partial charge in [-0.3, -0.25) is 0 Å². The first-order valence-corrected chi connectivity index (χ1v) is 11.8. The summed E-state index contributed by atoms with van der Waals surface area (Å²) in [7, 11) is -3.40. The lowest BCUT2D eigenvalue weighted by Gasteiger charge is -2.19. The molecule has 2 aliphatic rings. The molecule has 4 N–H and O–H groups in total. The molecule has 0 saturated carbocycles. The maximum atomic E-state index is 14.4. The highest BCUT2D eigenvalue weighted by Gasteiger charge is 2.25. The van der Waals surface area contributed by atoms with Gasteiger partial charge in [-0.2, -0.15) is 4.36 Å². The third-order valence-corrected chi connectivity index (χ3v) is 7.35. The van der Waals surface area contributed by atoms with Crippen LogP contribution in [0.1, 0.15) is 54.5 Å². The largest absolute Gasteiger partial charge is 0.386 e. The molecule has 7 heteroatoms. The second-order valence-corrected chi connectivity index (χ2v) is 10.5. The van der Waals surface area contributed by atoms with Gasteiger partial charge in [0, 0.05) is 11.3 Å². The fraction of sp³-hybridized carbons (Fsp3) is 0.391. The fourth-order valence-electron chi connectivity index (χ4n) is 4.52. The minimum Gasteiger partial charge on any atom is -0.386 e.